The molecule has 1 aliphatic heterocycles. The minimum Gasteiger partial charge on any atom is -0.481 e. The second kappa shape index (κ2) is 7.55. The van der Waals surface area contributed by atoms with Crippen LogP contribution in [0.5, 0.6) is 0 Å². The van der Waals surface area contributed by atoms with Crippen molar-refractivity contribution < 1.29 is 19.8 Å². The SMILES string of the molecule is O=C(O)CSCCCCN1C(=O)CC[C@@H]1CO. The molecule has 1 heterocycles. The van der Waals surface area contributed by atoms with Gasteiger partial charge in [0.25, 0.3) is 0 Å². The fraction of sp³-hybridized carbons (Fsp3) is 0.818. The van der Waals surface area contributed by atoms with Crippen molar-refractivity contribution in [2.24, 2.45) is 0 Å². The predicted octanol–water partition coefficient (Wildman–Crippen LogP) is 0.568. The van der Waals surface area contributed by atoms with Crippen molar-refractivity contribution in [2.75, 3.05) is 24.7 Å². The Morgan fingerprint density at radius 2 is 2.24 bits per heavy atom. The highest BCUT2D eigenvalue weighted by molar-refractivity contribution is 7.99. The third-order valence-corrected chi connectivity index (χ3v) is 3.85. The first-order valence-electron chi connectivity index (χ1n) is 5.85. The minimum absolute atomic E-state index is 0.00540. The van der Waals surface area contributed by atoms with Crippen LogP contribution in [-0.2, 0) is 9.59 Å². The third-order valence-electron chi connectivity index (χ3n) is 2.83. The lowest BCUT2D eigenvalue weighted by Gasteiger charge is -2.22. The monoisotopic (exact) mass is 261 g/mol. The number of amides is 1. The van der Waals surface area contributed by atoms with Gasteiger partial charge >= 0.3 is 5.97 Å². The summed E-state index contributed by atoms with van der Waals surface area (Å²) in [5.74, 6) is 0.285. The molecule has 0 spiro atoms. The number of hydrogen-bond acceptors (Lipinski definition) is 4. The van der Waals surface area contributed by atoms with Crippen LogP contribution >= 0.6 is 11.8 Å². The van der Waals surface area contributed by atoms with E-state index in [4.69, 9.17) is 10.2 Å². The maximum absolute atomic E-state index is 11.5. The van der Waals surface area contributed by atoms with Gasteiger partial charge in [0.2, 0.25) is 5.91 Å². The highest BCUT2D eigenvalue weighted by Gasteiger charge is 2.29. The van der Waals surface area contributed by atoms with E-state index < -0.39 is 5.97 Å². The summed E-state index contributed by atoms with van der Waals surface area (Å²) in [6, 6.07) is -0.00540. The average Bonchev–Trinajstić information content (AvgIpc) is 2.64. The van der Waals surface area contributed by atoms with Gasteiger partial charge in [0.05, 0.1) is 18.4 Å². The number of nitrogens with zero attached hydrogens (tertiary/aromatic N) is 1. The molecule has 0 aliphatic carbocycles. The molecule has 5 nitrogen and oxygen atoms in total. The molecule has 6 heteroatoms. The van der Waals surface area contributed by atoms with Crippen LogP contribution in [-0.4, -0.2) is 57.7 Å². The van der Waals surface area contributed by atoms with Gasteiger partial charge in [0.1, 0.15) is 0 Å². The zero-order chi connectivity index (χ0) is 12.7. The predicted molar refractivity (Wildman–Crippen MR) is 66.0 cm³/mol. The van der Waals surface area contributed by atoms with Crippen LogP contribution in [0.4, 0.5) is 0 Å². The number of likely N-dealkylation sites (tertiary alicyclic amines) is 1. The molecule has 0 radical (unpaired) electrons. The van der Waals surface area contributed by atoms with Gasteiger partial charge in [-0.25, -0.2) is 0 Å². The molecule has 98 valence electrons. The summed E-state index contributed by atoms with van der Waals surface area (Å²) in [6.45, 7) is 0.719. The number of rotatable bonds is 8. The second-order valence-electron chi connectivity index (χ2n) is 4.12. The number of carboxylic acids is 1. The number of unbranched alkanes of at least 4 members (excludes halogenated alkanes) is 1. The van der Waals surface area contributed by atoms with Gasteiger partial charge in [0, 0.05) is 13.0 Å². The van der Waals surface area contributed by atoms with Crippen molar-refractivity contribution in [1.82, 2.24) is 4.90 Å². The van der Waals surface area contributed by atoms with E-state index >= 15 is 0 Å². The first kappa shape index (κ1) is 14.3. The van der Waals surface area contributed by atoms with Crippen molar-refractivity contribution in [2.45, 2.75) is 31.7 Å². The molecule has 0 aromatic rings. The third kappa shape index (κ3) is 4.95. The maximum atomic E-state index is 11.5. The fourth-order valence-corrected chi connectivity index (χ4v) is 2.66. The summed E-state index contributed by atoms with van der Waals surface area (Å²) in [5.41, 5.74) is 0. The van der Waals surface area contributed by atoms with E-state index in [-0.39, 0.29) is 24.3 Å². The van der Waals surface area contributed by atoms with E-state index in [0.29, 0.717) is 13.0 Å². The number of thioether (sulfide) groups is 1. The molecule has 0 aromatic carbocycles. The van der Waals surface area contributed by atoms with Gasteiger partial charge in [-0.3, -0.25) is 9.59 Å². The summed E-state index contributed by atoms with van der Waals surface area (Å²) in [7, 11) is 0. The van der Waals surface area contributed by atoms with Crippen molar-refractivity contribution in [1.29, 1.82) is 0 Å². The Bertz CT molecular complexity index is 272. The van der Waals surface area contributed by atoms with E-state index in [9.17, 15) is 9.59 Å². The summed E-state index contributed by atoms with van der Waals surface area (Å²) in [6.07, 6.45) is 3.07. The summed E-state index contributed by atoms with van der Waals surface area (Å²) in [4.78, 5) is 23.5. The van der Waals surface area contributed by atoms with Crippen LogP contribution in [0.2, 0.25) is 0 Å². The lowest BCUT2D eigenvalue weighted by atomic mass is 10.2. The topological polar surface area (TPSA) is 77.8 Å². The van der Waals surface area contributed by atoms with Gasteiger partial charge in [-0.15, -0.1) is 0 Å². The first-order chi connectivity index (χ1) is 8.15. The smallest absolute Gasteiger partial charge is 0.313 e. The van der Waals surface area contributed by atoms with Crippen molar-refractivity contribution in [3.05, 3.63) is 0 Å². The Labute approximate surface area is 105 Å². The average molecular weight is 261 g/mol. The van der Waals surface area contributed by atoms with E-state index in [1.807, 2.05) is 0 Å². The highest BCUT2D eigenvalue weighted by Crippen LogP contribution is 2.19. The van der Waals surface area contributed by atoms with Crippen LogP contribution in [0, 0.1) is 0 Å². The fourth-order valence-electron chi connectivity index (χ4n) is 1.94. The van der Waals surface area contributed by atoms with Gasteiger partial charge < -0.3 is 15.1 Å². The molecule has 0 saturated carbocycles. The van der Waals surface area contributed by atoms with E-state index in [1.54, 1.807) is 4.90 Å². The largest absolute Gasteiger partial charge is 0.481 e. The van der Waals surface area contributed by atoms with Gasteiger partial charge in [-0.2, -0.15) is 11.8 Å². The number of aliphatic hydroxyl groups is 1. The maximum Gasteiger partial charge on any atom is 0.313 e. The molecule has 1 atom stereocenters. The second-order valence-corrected chi connectivity index (χ2v) is 5.22. The minimum atomic E-state index is -0.787. The summed E-state index contributed by atoms with van der Waals surface area (Å²) >= 11 is 1.40. The Balaban J connectivity index is 2.09. The van der Waals surface area contributed by atoms with Crippen LogP contribution in [0.3, 0.4) is 0 Å². The molecule has 1 fully saturated rings. The summed E-state index contributed by atoms with van der Waals surface area (Å²) < 4.78 is 0. The zero-order valence-corrected chi connectivity index (χ0v) is 10.6. The Hall–Kier alpha value is -0.750. The van der Waals surface area contributed by atoms with Crippen molar-refractivity contribution in [3.63, 3.8) is 0 Å². The van der Waals surface area contributed by atoms with Crippen molar-refractivity contribution >= 4 is 23.6 Å². The standard InChI is InChI=1S/C11H19NO4S/c13-7-9-3-4-10(14)12(9)5-1-2-6-17-8-11(15)16/h9,13H,1-8H2,(H,15,16)/t9-/m1/s1. The molecule has 1 saturated heterocycles. The van der Waals surface area contributed by atoms with Crippen LogP contribution in [0.1, 0.15) is 25.7 Å². The van der Waals surface area contributed by atoms with Crippen molar-refractivity contribution in [3.8, 4) is 0 Å². The quantitative estimate of drug-likeness (QED) is 0.625. The van der Waals surface area contributed by atoms with Crippen LogP contribution < -0.4 is 0 Å². The zero-order valence-electron chi connectivity index (χ0n) is 9.80. The lowest BCUT2D eigenvalue weighted by Crippen LogP contribution is -2.36. The molecular weight excluding hydrogens is 242 g/mol. The van der Waals surface area contributed by atoms with Gasteiger partial charge in [-0.1, -0.05) is 0 Å². The Kier molecular flexibility index (Phi) is 6.36. The highest BCUT2D eigenvalue weighted by atomic mass is 32.2. The molecule has 1 aliphatic rings. The van der Waals surface area contributed by atoms with Crippen LogP contribution in [0.25, 0.3) is 0 Å². The van der Waals surface area contributed by atoms with Gasteiger partial charge in [-0.05, 0) is 25.0 Å². The number of aliphatic hydroxyl groups excluding tert-OH is 1. The molecule has 2 N–H and O–H groups in total. The molecule has 1 amide bonds. The van der Waals surface area contributed by atoms with E-state index in [2.05, 4.69) is 0 Å². The number of aliphatic carboxylic acids is 1. The molecule has 0 bridgehead atoms. The first-order valence-corrected chi connectivity index (χ1v) is 7.00. The summed E-state index contributed by atoms with van der Waals surface area (Å²) in [5, 5.41) is 17.5. The number of hydrogen-bond donors (Lipinski definition) is 2. The van der Waals surface area contributed by atoms with E-state index in [0.717, 1.165) is 25.0 Å². The number of carbonyl (C=O) groups is 2. The lowest BCUT2D eigenvalue weighted by molar-refractivity contribution is -0.134. The molecule has 0 aromatic heterocycles. The van der Waals surface area contributed by atoms with E-state index in [1.165, 1.54) is 11.8 Å². The Morgan fingerprint density at radius 1 is 1.47 bits per heavy atom. The molecule has 17 heavy (non-hydrogen) atoms. The Morgan fingerprint density at radius 3 is 2.88 bits per heavy atom. The number of carbonyl (C=O) groups excluding carboxylic acids is 1. The van der Waals surface area contributed by atoms with Crippen LogP contribution in [0.15, 0.2) is 0 Å². The molecular formula is C11H19NO4S. The number of carboxylic acid groups (broad SMARTS) is 1. The molecule has 1 rings (SSSR count). The normalized spacial score (nSPS) is 19.9. The van der Waals surface area contributed by atoms with Gasteiger partial charge in [0.15, 0.2) is 0 Å². The molecule has 0 unspecified atom stereocenters.